The van der Waals surface area contributed by atoms with Crippen molar-refractivity contribution >= 4 is 11.7 Å². The highest BCUT2D eigenvalue weighted by atomic mass is 16.1. The molecule has 0 atom stereocenters. The quantitative estimate of drug-likeness (QED) is 0.810. The van der Waals surface area contributed by atoms with Gasteiger partial charge in [-0.05, 0) is 57.8 Å². The third-order valence-electron chi connectivity index (χ3n) is 4.72. The van der Waals surface area contributed by atoms with Gasteiger partial charge in [0.2, 0.25) is 0 Å². The summed E-state index contributed by atoms with van der Waals surface area (Å²) in [5.74, 6) is 0.766. The van der Waals surface area contributed by atoms with Crippen LogP contribution in [-0.2, 0) is 0 Å². The number of rotatable bonds is 7. The van der Waals surface area contributed by atoms with E-state index in [0.29, 0.717) is 17.5 Å². The van der Waals surface area contributed by atoms with E-state index in [4.69, 9.17) is 0 Å². The maximum Gasteiger partial charge on any atom is 0.251 e. The molecule has 1 aromatic rings. The summed E-state index contributed by atoms with van der Waals surface area (Å²) in [6.45, 7) is 7.24. The molecule has 2 aliphatic rings. The third-order valence-corrected chi connectivity index (χ3v) is 4.72. The monoisotopic (exact) mass is 302 g/mol. The number of carbonyl (C=O) groups excluding carboxylic acids is 1. The van der Waals surface area contributed by atoms with Gasteiger partial charge in [0.1, 0.15) is 5.82 Å². The fourth-order valence-electron chi connectivity index (χ4n) is 3.19. The summed E-state index contributed by atoms with van der Waals surface area (Å²) >= 11 is 0. The van der Waals surface area contributed by atoms with Crippen LogP contribution < -0.4 is 10.6 Å². The van der Waals surface area contributed by atoms with Gasteiger partial charge in [-0.2, -0.15) is 0 Å². The Hall–Kier alpha value is -1.62. The summed E-state index contributed by atoms with van der Waals surface area (Å²) < 4.78 is 0. The molecular formula is C17H26N4O. The fourth-order valence-corrected chi connectivity index (χ4v) is 3.19. The predicted octanol–water partition coefficient (Wildman–Crippen LogP) is 2.12. The topological polar surface area (TPSA) is 57.3 Å². The molecule has 1 saturated heterocycles. The molecule has 0 spiro atoms. The molecule has 3 rings (SSSR count). The molecule has 2 fully saturated rings. The Kier molecular flexibility index (Phi) is 4.62. The van der Waals surface area contributed by atoms with Gasteiger partial charge >= 0.3 is 0 Å². The molecule has 1 aliphatic heterocycles. The van der Waals surface area contributed by atoms with Gasteiger partial charge in [-0.25, -0.2) is 4.98 Å². The highest BCUT2D eigenvalue weighted by Crippen LogP contribution is 2.46. The van der Waals surface area contributed by atoms with Gasteiger partial charge in [0.15, 0.2) is 0 Å². The summed E-state index contributed by atoms with van der Waals surface area (Å²) in [7, 11) is 0. The van der Waals surface area contributed by atoms with E-state index in [1.165, 1.54) is 45.3 Å². The molecule has 120 valence electrons. The Labute approximate surface area is 132 Å². The average Bonchev–Trinajstić information content (AvgIpc) is 3.10. The first-order valence-corrected chi connectivity index (χ1v) is 8.41. The number of nitrogens with one attached hydrogen (secondary N) is 2. The van der Waals surface area contributed by atoms with E-state index in [0.717, 1.165) is 12.4 Å². The van der Waals surface area contributed by atoms with Gasteiger partial charge in [0, 0.05) is 36.8 Å². The number of pyridine rings is 1. The molecular weight excluding hydrogens is 276 g/mol. The Morgan fingerprint density at radius 1 is 1.36 bits per heavy atom. The lowest BCUT2D eigenvalue weighted by atomic mass is 10.1. The average molecular weight is 302 g/mol. The maximum atomic E-state index is 11.9. The van der Waals surface area contributed by atoms with Gasteiger partial charge < -0.3 is 15.5 Å². The van der Waals surface area contributed by atoms with Crippen molar-refractivity contribution in [3.05, 3.63) is 23.9 Å². The van der Waals surface area contributed by atoms with Crippen molar-refractivity contribution in [2.75, 3.05) is 38.0 Å². The van der Waals surface area contributed by atoms with Crippen molar-refractivity contribution in [2.24, 2.45) is 5.41 Å². The SMILES string of the molecule is CCNC(=O)c1ccnc(NCC2(CN3CCCC3)CC2)c1. The van der Waals surface area contributed by atoms with E-state index in [-0.39, 0.29) is 5.91 Å². The molecule has 1 saturated carbocycles. The molecule has 1 aromatic heterocycles. The third kappa shape index (κ3) is 3.77. The molecule has 22 heavy (non-hydrogen) atoms. The van der Waals surface area contributed by atoms with Gasteiger partial charge in [0.05, 0.1) is 0 Å². The highest BCUT2D eigenvalue weighted by Gasteiger charge is 2.43. The minimum absolute atomic E-state index is 0.0360. The second-order valence-corrected chi connectivity index (χ2v) is 6.63. The number of amides is 1. The molecule has 1 amide bonds. The zero-order valence-corrected chi connectivity index (χ0v) is 13.4. The van der Waals surface area contributed by atoms with Crippen molar-refractivity contribution in [3.63, 3.8) is 0 Å². The second kappa shape index (κ2) is 6.65. The summed E-state index contributed by atoms with van der Waals surface area (Å²) in [6, 6.07) is 3.60. The first kappa shape index (κ1) is 15.3. The molecule has 0 aromatic carbocycles. The van der Waals surface area contributed by atoms with Crippen LogP contribution in [0.25, 0.3) is 0 Å². The normalized spacial score (nSPS) is 19.9. The van der Waals surface area contributed by atoms with E-state index in [1.807, 2.05) is 13.0 Å². The Morgan fingerprint density at radius 3 is 2.82 bits per heavy atom. The number of likely N-dealkylation sites (tertiary alicyclic amines) is 1. The second-order valence-electron chi connectivity index (χ2n) is 6.63. The molecule has 1 aliphatic carbocycles. The first-order chi connectivity index (χ1) is 10.7. The summed E-state index contributed by atoms with van der Waals surface area (Å²) in [5.41, 5.74) is 1.09. The van der Waals surface area contributed by atoms with E-state index < -0.39 is 0 Å². The van der Waals surface area contributed by atoms with E-state index in [9.17, 15) is 4.79 Å². The Morgan fingerprint density at radius 2 is 2.14 bits per heavy atom. The lowest BCUT2D eigenvalue weighted by Gasteiger charge is -2.23. The van der Waals surface area contributed by atoms with Crippen LogP contribution in [0, 0.1) is 5.41 Å². The Bertz CT molecular complexity index is 521. The van der Waals surface area contributed by atoms with Crippen LogP contribution >= 0.6 is 0 Å². The number of nitrogens with zero attached hydrogens (tertiary/aromatic N) is 2. The van der Waals surface area contributed by atoms with Crippen LogP contribution in [0.5, 0.6) is 0 Å². The van der Waals surface area contributed by atoms with E-state index >= 15 is 0 Å². The van der Waals surface area contributed by atoms with Crippen LogP contribution in [0.1, 0.15) is 43.0 Å². The van der Waals surface area contributed by atoms with Crippen LogP contribution in [0.2, 0.25) is 0 Å². The van der Waals surface area contributed by atoms with Crippen molar-refractivity contribution in [1.29, 1.82) is 0 Å². The summed E-state index contributed by atoms with van der Waals surface area (Å²) in [4.78, 5) is 18.8. The molecule has 0 radical (unpaired) electrons. The van der Waals surface area contributed by atoms with E-state index in [2.05, 4.69) is 20.5 Å². The molecule has 2 heterocycles. The zero-order chi connectivity index (χ0) is 15.4. The molecule has 5 nitrogen and oxygen atoms in total. The number of carbonyl (C=O) groups is 1. The zero-order valence-electron chi connectivity index (χ0n) is 13.4. The van der Waals surface area contributed by atoms with Crippen LogP contribution in [0.3, 0.4) is 0 Å². The van der Waals surface area contributed by atoms with Crippen LogP contribution in [0.15, 0.2) is 18.3 Å². The lowest BCUT2D eigenvalue weighted by molar-refractivity contribution is 0.0956. The van der Waals surface area contributed by atoms with Gasteiger partial charge in [-0.3, -0.25) is 4.79 Å². The maximum absolute atomic E-state index is 11.9. The standard InChI is InChI=1S/C17H26N4O/c1-2-18-16(22)14-5-8-19-15(11-14)20-12-17(6-7-17)13-21-9-3-4-10-21/h5,8,11H,2-4,6-7,9-10,12-13H2,1H3,(H,18,22)(H,19,20). The van der Waals surface area contributed by atoms with Gasteiger partial charge in [-0.1, -0.05) is 0 Å². The number of anilines is 1. The number of hydrogen-bond acceptors (Lipinski definition) is 4. The van der Waals surface area contributed by atoms with Crippen molar-refractivity contribution < 1.29 is 4.79 Å². The number of hydrogen-bond donors (Lipinski definition) is 2. The summed E-state index contributed by atoms with van der Waals surface area (Å²) in [6.07, 6.45) is 6.99. The fraction of sp³-hybridized carbons (Fsp3) is 0.647. The van der Waals surface area contributed by atoms with Crippen molar-refractivity contribution in [2.45, 2.75) is 32.6 Å². The van der Waals surface area contributed by atoms with E-state index in [1.54, 1.807) is 12.3 Å². The Balaban J connectivity index is 1.54. The summed E-state index contributed by atoms with van der Waals surface area (Å²) in [5, 5.41) is 6.26. The van der Waals surface area contributed by atoms with Crippen molar-refractivity contribution in [3.8, 4) is 0 Å². The van der Waals surface area contributed by atoms with Gasteiger partial charge in [-0.15, -0.1) is 0 Å². The first-order valence-electron chi connectivity index (χ1n) is 8.41. The van der Waals surface area contributed by atoms with Crippen LogP contribution in [-0.4, -0.2) is 48.5 Å². The molecule has 0 unspecified atom stereocenters. The molecule has 2 N–H and O–H groups in total. The highest BCUT2D eigenvalue weighted by molar-refractivity contribution is 5.94. The minimum atomic E-state index is -0.0360. The predicted molar refractivity (Wildman–Crippen MR) is 88.1 cm³/mol. The van der Waals surface area contributed by atoms with Crippen molar-refractivity contribution in [1.82, 2.24) is 15.2 Å². The molecule has 0 bridgehead atoms. The molecule has 5 heteroatoms. The minimum Gasteiger partial charge on any atom is -0.369 e. The largest absolute Gasteiger partial charge is 0.369 e. The lowest BCUT2D eigenvalue weighted by Crippen LogP contribution is -2.32. The smallest absolute Gasteiger partial charge is 0.251 e. The van der Waals surface area contributed by atoms with Crippen LogP contribution in [0.4, 0.5) is 5.82 Å². The van der Waals surface area contributed by atoms with Gasteiger partial charge in [0.25, 0.3) is 5.91 Å². The number of aromatic nitrogens is 1.